The molecule has 0 radical (unpaired) electrons. The second-order valence-corrected chi connectivity index (χ2v) is 8.09. The Labute approximate surface area is 151 Å². The monoisotopic (exact) mass is 441 g/mol. The van der Waals surface area contributed by atoms with Crippen molar-refractivity contribution < 1.29 is 0 Å². The molecule has 3 heterocycles. The molecule has 0 spiro atoms. The lowest BCUT2D eigenvalue weighted by Gasteiger charge is -2.11. The average molecular weight is 441 g/mol. The van der Waals surface area contributed by atoms with Crippen LogP contribution in [0.1, 0.15) is 19.0 Å². The van der Waals surface area contributed by atoms with Crippen molar-refractivity contribution in [3.63, 3.8) is 0 Å². The molecule has 2 aromatic rings. The number of hydrogen-bond acceptors (Lipinski definition) is 4. The summed E-state index contributed by atoms with van der Waals surface area (Å²) in [7, 11) is 0. The van der Waals surface area contributed by atoms with Gasteiger partial charge in [-0.15, -0.1) is 0 Å². The van der Waals surface area contributed by atoms with Gasteiger partial charge in [-0.05, 0) is 60.0 Å². The van der Waals surface area contributed by atoms with Gasteiger partial charge in [0.1, 0.15) is 0 Å². The minimum Gasteiger partial charge on any atom is -0.364 e. The molecule has 2 aromatic heterocycles. The highest BCUT2D eigenvalue weighted by Crippen LogP contribution is 2.23. The number of halogens is 1. The summed E-state index contributed by atoms with van der Waals surface area (Å²) in [6.45, 7) is 4.37. The van der Waals surface area contributed by atoms with Gasteiger partial charge in [-0.2, -0.15) is 0 Å². The molecule has 3 rings (SSSR count). The Balaban J connectivity index is 1.83. The van der Waals surface area contributed by atoms with Gasteiger partial charge in [-0.1, -0.05) is 0 Å². The third kappa shape index (κ3) is 3.92. The molecule has 3 N–H and O–H groups in total. The Morgan fingerprint density at radius 1 is 1.65 bits per heavy atom. The van der Waals surface area contributed by atoms with Crippen LogP contribution in [0.15, 0.2) is 30.7 Å². The molecule has 5 nitrogen and oxygen atoms in total. The second kappa shape index (κ2) is 7.73. The van der Waals surface area contributed by atoms with E-state index in [9.17, 15) is 0 Å². The maximum atomic E-state index is 7.57. The molecule has 0 aromatic carbocycles. The summed E-state index contributed by atoms with van der Waals surface area (Å²) >= 11 is 2.27. The van der Waals surface area contributed by atoms with Crippen molar-refractivity contribution in [2.45, 2.75) is 25.9 Å². The number of nitrogens with one attached hydrogen (secondary N) is 3. The molecule has 23 heavy (non-hydrogen) atoms. The van der Waals surface area contributed by atoms with E-state index in [0.717, 1.165) is 24.4 Å². The number of nitrogens with zero attached hydrogens (tertiary/aromatic N) is 2. The zero-order valence-corrected chi connectivity index (χ0v) is 16.2. The Bertz CT molecular complexity index is 726. The Kier molecular flexibility index (Phi) is 5.67. The van der Waals surface area contributed by atoms with Crippen molar-refractivity contribution in [1.82, 2.24) is 20.0 Å². The largest absolute Gasteiger partial charge is 0.364 e. The van der Waals surface area contributed by atoms with Crippen LogP contribution in [-0.2, 0) is 6.54 Å². The highest BCUT2D eigenvalue weighted by atomic mass is 127. The van der Waals surface area contributed by atoms with Crippen LogP contribution in [0.25, 0.3) is 16.5 Å². The van der Waals surface area contributed by atoms with Crippen LogP contribution < -0.4 is 10.4 Å². The first-order chi connectivity index (χ1) is 11.2. The quantitative estimate of drug-likeness (QED) is 0.365. The Hall–Kier alpha value is -0.980. The number of rotatable bonds is 6. The van der Waals surface area contributed by atoms with Gasteiger partial charge in [-0.3, -0.25) is 4.98 Å². The first-order valence-electron chi connectivity index (χ1n) is 7.71. The minimum absolute atomic E-state index is 0.587. The topological polar surface area (TPSA) is 65.7 Å². The average Bonchev–Trinajstić information content (AvgIpc) is 3.15. The van der Waals surface area contributed by atoms with Gasteiger partial charge in [0.15, 0.2) is 0 Å². The molecule has 1 aliphatic rings. The van der Waals surface area contributed by atoms with E-state index in [1.807, 2.05) is 12.4 Å². The van der Waals surface area contributed by atoms with E-state index in [1.165, 1.54) is 23.5 Å². The van der Waals surface area contributed by atoms with Crippen LogP contribution in [-0.4, -0.2) is 28.4 Å². The lowest BCUT2D eigenvalue weighted by atomic mass is 10.1. The fourth-order valence-electron chi connectivity index (χ4n) is 3.15. The summed E-state index contributed by atoms with van der Waals surface area (Å²) < 4.78 is 2.30. The lowest BCUT2D eigenvalue weighted by molar-refractivity contribution is 0.483. The number of allylic oxidation sites excluding steroid dienone is 1. The van der Waals surface area contributed by atoms with E-state index in [-0.39, 0.29) is 0 Å². The Morgan fingerprint density at radius 2 is 2.52 bits per heavy atom. The van der Waals surface area contributed by atoms with E-state index in [1.54, 1.807) is 0 Å². The fourth-order valence-corrected chi connectivity index (χ4v) is 3.83. The van der Waals surface area contributed by atoms with Crippen LogP contribution >= 0.6 is 28.4 Å². The molecule has 3 atom stereocenters. The first kappa shape index (κ1) is 16.9. The van der Waals surface area contributed by atoms with Gasteiger partial charge in [0, 0.05) is 48.5 Å². The van der Waals surface area contributed by atoms with Gasteiger partial charge >= 0.3 is 0 Å². The van der Waals surface area contributed by atoms with Crippen molar-refractivity contribution in [3.8, 4) is 0 Å². The summed E-state index contributed by atoms with van der Waals surface area (Å²) in [5.74, 6) is 0.686. The molecule has 1 saturated heterocycles. The molecular formula is C16H21IN5P. The molecular weight excluding hydrogens is 420 g/mol. The van der Waals surface area contributed by atoms with Gasteiger partial charge in [0.05, 0.1) is 17.4 Å². The van der Waals surface area contributed by atoms with Gasteiger partial charge in [0.2, 0.25) is 0 Å². The van der Waals surface area contributed by atoms with Crippen LogP contribution in [0, 0.1) is 11.3 Å². The predicted octanol–water partition coefficient (Wildman–Crippen LogP) is 3.56. The summed E-state index contributed by atoms with van der Waals surface area (Å²) in [6.07, 6.45) is 9.10. The van der Waals surface area contributed by atoms with E-state index in [2.05, 4.69) is 67.2 Å². The van der Waals surface area contributed by atoms with E-state index >= 15 is 0 Å². The van der Waals surface area contributed by atoms with E-state index in [0.29, 0.717) is 18.3 Å². The van der Waals surface area contributed by atoms with Crippen molar-refractivity contribution >= 4 is 51.1 Å². The first-order valence-corrected chi connectivity index (χ1v) is 11.8. The molecule has 122 valence electrons. The molecule has 1 unspecified atom stereocenters. The maximum Gasteiger partial charge on any atom is 0.0739 e. The van der Waals surface area contributed by atoms with E-state index in [4.69, 9.17) is 5.41 Å². The Morgan fingerprint density at radius 3 is 3.22 bits per heavy atom. The predicted molar refractivity (Wildman–Crippen MR) is 108 cm³/mol. The SMILES string of the molecule is C[C@H]1C[C@H](Cn2ccc3cc(/C(C=N)=C/NPI)ncc32)CN1. The number of fused-ring (bicyclic) bond motifs is 1. The molecule has 1 aliphatic heterocycles. The fraction of sp³-hybridized carbons (Fsp3) is 0.375. The van der Waals surface area contributed by atoms with Gasteiger partial charge in [0.25, 0.3) is 0 Å². The molecule has 7 heteroatoms. The summed E-state index contributed by atoms with van der Waals surface area (Å²) in [6, 6.07) is 4.83. The molecule has 0 bridgehead atoms. The van der Waals surface area contributed by atoms with Crippen molar-refractivity contribution in [1.29, 1.82) is 5.41 Å². The minimum atomic E-state index is 0.587. The van der Waals surface area contributed by atoms with Crippen LogP contribution in [0.3, 0.4) is 0 Å². The maximum absolute atomic E-state index is 7.57. The molecule has 0 amide bonds. The second-order valence-electron chi connectivity index (χ2n) is 5.99. The van der Waals surface area contributed by atoms with Gasteiger partial charge < -0.3 is 20.4 Å². The van der Waals surface area contributed by atoms with Crippen molar-refractivity contribution in [2.24, 2.45) is 5.92 Å². The summed E-state index contributed by atoms with van der Waals surface area (Å²) in [4.78, 5) is 4.56. The van der Waals surface area contributed by atoms with Crippen LogP contribution in [0.2, 0.25) is 0 Å². The standard InChI is InChI=1S/C16H21IN5P/c1-11-4-12(7-19-11)10-22-3-2-13-5-15(20-9-16(13)22)14(6-18)8-21-23-17/h2-3,5-6,8-9,11-12,18-19,21,23H,4,7,10H2,1H3/b14-8+,18-6?/t11-,12-/m0/s1. The van der Waals surface area contributed by atoms with Crippen molar-refractivity contribution in [2.75, 3.05) is 6.54 Å². The number of aromatic nitrogens is 2. The third-order valence-electron chi connectivity index (χ3n) is 4.29. The molecule has 0 saturated carbocycles. The van der Waals surface area contributed by atoms with E-state index < -0.39 is 0 Å². The lowest BCUT2D eigenvalue weighted by Crippen LogP contribution is -2.17. The van der Waals surface area contributed by atoms with Crippen LogP contribution in [0.5, 0.6) is 0 Å². The smallest absolute Gasteiger partial charge is 0.0739 e. The summed E-state index contributed by atoms with van der Waals surface area (Å²) in [5.41, 5.74) is 2.81. The van der Waals surface area contributed by atoms with Crippen LogP contribution in [0.4, 0.5) is 0 Å². The van der Waals surface area contributed by atoms with Crippen molar-refractivity contribution in [3.05, 3.63) is 36.4 Å². The third-order valence-corrected chi connectivity index (χ3v) is 5.48. The number of hydrogen-bond donors (Lipinski definition) is 3. The summed E-state index contributed by atoms with van der Waals surface area (Å²) in [5, 5.41) is 15.4. The van der Waals surface area contributed by atoms with Gasteiger partial charge in [-0.25, -0.2) is 0 Å². The zero-order valence-electron chi connectivity index (χ0n) is 13.0. The molecule has 1 fully saturated rings. The highest BCUT2D eigenvalue weighted by molar-refractivity contribution is 14.2. The molecule has 0 aliphatic carbocycles. The zero-order chi connectivity index (χ0) is 16.2. The number of pyridine rings is 1. The highest BCUT2D eigenvalue weighted by Gasteiger charge is 2.21. The normalized spacial score (nSPS) is 22.3.